The molecule has 0 saturated carbocycles. The normalized spacial score (nSPS) is 11.3. The molecule has 0 spiro atoms. The number of imidazole rings is 1. The Kier molecular flexibility index (Phi) is 6.56. The number of rotatable bonds is 7. The molecule has 0 amide bonds. The topological polar surface area (TPSA) is 88.2 Å². The molecule has 158 valence electrons. The molecule has 0 aliphatic heterocycles. The quantitative estimate of drug-likeness (QED) is 0.534. The first kappa shape index (κ1) is 21.6. The number of hydrogen-bond acceptors (Lipinski definition) is 6. The Morgan fingerprint density at radius 2 is 1.93 bits per heavy atom. The van der Waals surface area contributed by atoms with E-state index in [4.69, 9.17) is 21.1 Å². The van der Waals surface area contributed by atoms with E-state index < -0.39 is 17.1 Å². The van der Waals surface area contributed by atoms with Gasteiger partial charge < -0.3 is 14.0 Å². The van der Waals surface area contributed by atoms with Crippen molar-refractivity contribution in [2.75, 3.05) is 6.61 Å². The molecule has 0 N–H and O–H groups in total. The molecule has 0 aliphatic rings. The average Bonchev–Trinajstić information content (AvgIpc) is 3.22. The van der Waals surface area contributed by atoms with Gasteiger partial charge in [-0.25, -0.2) is 14.5 Å². The third kappa shape index (κ3) is 5.27. The maximum Gasteiger partial charge on any atom is 0.338 e. The molecule has 0 saturated heterocycles. The Balaban J connectivity index is 1.56. The highest BCUT2D eigenvalue weighted by Crippen LogP contribution is 2.22. The van der Waals surface area contributed by atoms with Gasteiger partial charge in [0.15, 0.2) is 10.8 Å². The van der Waals surface area contributed by atoms with E-state index in [0.29, 0.717) is 12.1 Å². The van der Waals surface area contributed by atoms with Gasteiger partial charge >= 0.3 is 5.97 Å². The van der Waals surface area contributed by atoms with Crippen LogP contribution < -0.4 is 10.3 Å². The molecule has 9 heteroatoms. The van der Waals surface area contributed by atoms with Crippen molar-refractivity contribution in [2.45, 2.75) is 39.5 Å². The predicted octanol–water partition coefficient (Wildman–Crippen LogP) is 3.28. The summed E-state index contributed by atoms with van der Waals surface area (Å²) in [6.45, 7) is 6.57. The number of carbonyl (C=O) groups excluding carboxylic acids is 1. The summed E-state index contributed by atoms with van der Waals surface area (Å²) in [6.07, 6.45) is 6.56. The van der Waals surface area contributed by atoms with Gasteiger partial charge in [-0.2, -0.15) is 5.10 Å². The minimum Gasteiger partial charge on any atom is -0.485 e. The van der Waals surface area contributed by atoms with Crippen LogP contribution in [0, 0.1) is 0 Å². The molecular weight excluding hydrogens is 408 g/mol. The summed E-state index contributed by atoms with van der Waals surface area (Å²) in [5.74, 6) is -0.189. The van der Waals surface area contributed by atoms with Gasteiger partial charge in [0.1, 0.15) is 13.2 Å². The van der Waals surface area contributed by atoms with Crippen LogP contribution in [0.2, 0.25) is 5.02 Å². The number of aromatic nitrogens is 4. The number of carbonyl (C=O) groups is 1. The van der Waals surface area contributed by atoms with Gasteiger partial charge in [0, 0.05) is 12.4 Å². The molecule has 0 aliphatic carbocycles. The Morgan fingerprint density at radius 3 is 2.57 bits per heavy atom. The number of halogens is 1. The highest BCUT2D eigenvalue weighted by atomic mass is 35.5. The van der Waals surface area contributed by atoms with Gasteiger partial charge in [-0.15, -0.1) is 0 Å². The minimum absolute atomic E-state index is 0.0157. The number of hydrogen-bond donors (Lipinski definition) is 0. The molecule has 2 aromatic heterocycles. The molecule has 8 nitrogen and oxygen atoms in total. The van der Waals surface area contributed by atoms with Crippen LogP contribution in [0.25, 0.3) is 0 Å². The number of ether oxygens (including phenoxy) is 2. The Hall–Kier alpha value is -3.13. The van der Waals surface area contributed by atoms with Crippen molar-refractivity contribution >= 4 is 17.6 Å². The van der Waals surface area contributed by atoms with Gasteiger partial charge in [-0.3, -0.25) is 4.79 Å². The Morgan fingerprint density at radius 1 is 1.20 bits per heavy atom. The molecule has 0 bridgehead atoms. The average molecular weight is 431 g/mol. The van der Waals surface area contributed by atoms with Crippen molar-refractivity contribution in [3.05, 3.63) is 75.7 Å². The zero-order valence-corrected chi connectivity index (χ0v) is 17.8. The van der Waals surface area contributed by atoms with Gasteiger partial charge in [0.05, 0.1) is 30.2 Å². The molecule has 3 rings (SSSR count). The third-order valence-corrected chi connectivity index (χ3v) is 4.60. The van der Waals surface area contributed by atoms with Crippen molar-refractivity contribution in [3.63, 3.8) is 0 Å². The molecule has 2 heterocycles. The fourth-order valence-electron chi connectivity index (χ4n) is 2.64. The van der Waals surface area contributed by atoms with E-state index >= 15 is 0 Å². The van der Waals surface area contributed by atoms with E-state index in [-0.39, 0.29) is 24.0 Å². The van der Waals surface area contributed by atoms with Gasteiger partial charge in [0.25, 0.3) is 5.56 Å². The molecule has 0 atom stereocenters. The van der Waals surface area contributed by atoms with Crippen LogP contribution in [0.4, 0.5) is 0 Å². The summed E-state index contributed by atoms with van der Waals surface area (Å²) in [5, 5.41) is 4.12. The lowest BCUT2D eigenvalue weighted by atomic mass is 10.1. The van der Waals surface area contributed by atoms with E-state index in [1.54, 1.807) is 43.0 Å². The molecule has 1 aromatic carbocycles. The molecule has 0 fully saturated rings. The van der Waals surface area contributed by atoms with Crippen molar-refractivity contribution in [3.8, 4) is 5.75 Å². The summed E-state index contributed by atoms with van der Waals surface area (Å²) in [4.78, 5) is 28.4. The van der Waals surface area contributed by atoms with Crippen molar-refractivity contribution in [1.29, 1.82) is 0 Å². The monoisotopic (exact) mass is 430 g/mol. The van der Waals surface area contributed by atoms with Gasteiger partial charge in [0.2, 0.25) is 0 Å². The van der Waals surface area contributed by atoms with Gasteiger partial charge in [-0.05, 0) is 38.5 Å². The highest BCUT2D eigenvalue weighted by Gasteiger charge is 2.20. The van der Waals surface area contributed by atoms with Crippen LogP contribution in [0.1, 0.15) is 36.7 Å². The van der Waals surface area contributed by atoms with Crippen molar-refractivity contribution in [2.24, 2.45) is 0 Å². The molecular formula is C21H23ClN4O4. The van der Waals surface area contributed by atoms with Crippen molar-refractivity contribution < 1.29 is 14.3 Å². The number of esters is 1. The van der Waals surface area contributed by atoms with Crippen LogP contribution in [0.15, 0.2) is 54.0 Å². The highest BCUT2D eigenvalue weighted by molar-refractivity contribution is 6.31. The summed E-state index contributed by atoms with van der Waals surface area (Å²) < 4.78 is 14.0. The zero-order chi connectivity index (χ0) is 21.7. The SMILES string of the molecule is CC(C)(C)n1ncc(OCc2ccc(C(=O)OCCn3ccnc3)cc2)c(Cl)c1=O. The number of nitrogens with zero attached hydrogens (tertiary/aromatic N) is 4. The lowest BCUT2D eigenvalue weighted by Gasteiger charge is -2.21. The standard InChI is InChI=1S/C21H23ClN4O4/c1-21(2,3)26-19(27)18(22)17(12-24-26)30-13-15-4-6-16(7-5-15)20(28)29-11-10-25-9-8-23-14-25/h4-9,12,14H,10-11,13H2,1-3H3. The molecule has 0 unspecified atom stereocenters. The van der Waals surface area contributed by atoms with E-state index in [1.807, 2.05) is 25.3 Å². The summed E-state index contributed by atoms with van der Waals surface area (Å²) >= 11 is 6.16. The Labute approximate surface area is 179 Å². The first-order valence-electron chi connectivity index (χ1n) is 9.38. The second-order valence-electron chi connectivity index (χ2n) is 7.63. The number of benzene rings is 1. The van der Waals surface area contributed by atoms with Gasteiger partial charge in [-0.1, -0.05) is 23.7 Å². The third-order valence-electron chi connectivity index (χ3n) is 4.25. The van der Waals surface area contributed by atoms with Crippen LogP contribution in [-0.2, 0) is 23.4 Å². The smallest absolute Gasteiger partial charge is 0.338 e. The largest absolute Gasteiger partial charge is 0.485 e. The predicted molar refractivity (Wildman–Crippen MR) is 112 cm³/mol. The summed E-state index contributed by atoms with van der Waals surface area (Å²) in [7, 11) is 0. The van der Waals surface area contributed by atoms with Crippen LogP contribution >= 0.6 is 11.6 Å². The maximum atomic E-state index is 12.4. The van der Waals surface area contributed by atoms with E-state index in [9.17, 15) is 9.59 Å². The first-order valence-corrected chi connectivity index (χ1v) is 9.76. The molecule has 3 aromatic rings. The van der Waals surface area contributed by atoms with E-state index in [2.05, 4.69) is 10.1 Å². The van der Waals surface area contributed by atoms with Crippen molar-refractivity contribution in [1.82, 2.24) is 19.3 Å². The Bertz CT molecular complexity index is 1050. The lowest BCUT2D eigenvalue weighted by molar-refractivity contribution is 0.0491. The van der Waals surface area contributed by atoms with E-state index in [0.717, 1.165) is 5.56 Å². The van der Waals surface area contributed by atoms with Crippen LogP contribution in [0.5, 0.6) is 5.75 Å². The second kappa shape index (κ2) is 9.13. The maximum absolute atomic E-state index is 12.4. The fraction of sp³-hybridized carbons (Fsp3) is 0.333. The zero-order valence-electron chi connectivity index (χ0n) is 17.0. The minimum atomic E-state index is -0.484. The molecule has 0 radical (unpaired) electrons. The summed E-state index contributed by atoms with van der Waals surface area (Å²) in [6, 6.07) is 6.83. The van der Waals surface area contributed by atoms with Crippen LogP contribution in [-0.4, -0.2) is 31.9 Å². The van der Waals surface area contributed by atoms with Crippen LogP contribution in [0.3, 0.4) is 0 Å². The lowest BCUT2D eigenvalue weighted by Crippen LogP contribution is -2.36. The molecule has 30 heavy (non-hydrogen) atoms. The van der Waals surface area contributed by atoms with E-state index in [1.165, 1.54) is 10.9 Å². The first-order chi connectivity index (χ1) is 14.3. The fourth-order valence-corrected chi connectivity index (χ4v) is 2.82. The second-order valence-corrected chi connectivity index (χ2v) is 8.01. The summed E-state index contributed by atoms with van der Waals surface area (Å²) in [5.41, 5.74) is 0.357.